The number of hydrogen-bond acceptors (Lipinski definition) is 8. The largest absolute Gasteiger partial charge is 0.449 e. The Bertz CT molecular complexity index is 1280. The lowest BCUT2D eigenvalue weighted by molar-refractivity contribution is 0.161. The van der Waals surface area contributed by atoms with Crippen LogP contribution in [0, 0.1) is 5.82 Å². The molecular formula is C22H25FN8O2. The van der Waals surface area contributed by atoms with E-state index in [0.717, 1.165) is 4.90 Å². The maximum Gasteiger partial charge on any atom is 0.414 e. The molecule has 1 amide bonds. The predicted octanol–water partition coefficient (Wildman–Crippen LogP) is 3.31. The highest BCUT2D eigenvalue weighted by Crippen LogP contribution is 2.31. The smallest absolute Gasteiger partial charge is 0.414 e. The number of anilines is 3. The lowest BCUT2D eigenvalue weighted by Crippen LogP contribution is -2.29. The molecule has 0 aliphatic rings. The first-order valence-corrected chi connectivity index (χ1v) is 9.80. The van der Waals surface area contributed by atoms with Crippen molar-refractivity contribution in [2.75, 3.05) is 30.0 Å². The number of hydrogen-bond donors (Lipinski definition) is 2. The fourth-order valence-corrected chi connectivity index (χ4v) is 3.33. The predicted molar refractivity (Wildman–Crippen MR) is 124 cm³/mol. The van der Waals surface area contributed by atoms with Crippen molar-refractivity contribution in [3.8, 4) is 11.5 Å². The second-order valence-electron chi connectivity index (χ2n) is 6.89. The summed E-state index contributed by atoms with van der Waals surface area (Å²) in [6, 6.07) is 9.98. The molecule has 4 aromatic rings. The first kappa shape index (κ1) is 23.4. The van der Waals surface area contributed by atoms with Crippen LogP contribution in [-0.4, -0.2) is 44.3 Å². The van der Waals surface area contributed by atoms with Crippen LogP contribution in [0.15, 0.2) is 42.6 Å². The molecule has 4 N–H and O–H groups in total. The summed E-state index contributed by atoms with van der Waals surface area (Å²) >= 11 is 0. The van der Waals surface area contributed by atoms with Crippen LogP contribution in [0.25, 0.3) is 17.0 Å². The van der Waals surface area contributed by atoms with E-state index in [2.05, 4.69) is 20.1 Å². The molecule has 0 bridgehead atoms. The van der Waals surface area contributed by atoms with Crippen molar-refractivity contribution in [2.45, 2.75) is 20.8 Å². The van der Waals surface area contributed by atoms with Crippen molar-refractivity contribution in [3.63, 3.8) is 0 Å². The van der Waals surface area contributed by atoms with Gasteiger partial charge in [0.15, 0.2) is 17.5 Å². The molecule has 0 aliphatic carbocycles. The molecule has 0 atom stereocenters. The molecular weight excluding hydrogens is 427 g/mol. The van der Waals surface area contributed by atoms with Gasteiger partial charge in [0.05, 0.1) is 12.1 Å². The Morgan fingerprint density at radius 3 is 2.48 bits per heavy atom. The van der Waals surface area contributed by atoms with Gasteiger partial charge in [-0.1, -0.05) is 25.6 Å². The average Bonchev–Trinajstić information content (AvgIpc) is 3.13. The maximum absolute atomic E-state index is 14.2. The quantitative estimate of drug-likeness (QED) is 0.470. The molecule has 0 unspecified atom stereocenters. The summed E-state index contributed by atoms with van der Waals surface area (Å²) in [4.78, 5) is 26.5. The highest BCUT2D eigenvalue weighted by molar-refractivity contribution is 5.95. The molecule has 11 heteroatoms. The summed E-state index contributed by atoms with van der Waals surface area (Å²) in [7, 11) is 1.46. The Labute approximate surface area is 190 Å². The molecule has 4 rings (SSSR count). The monoisotopic (exact) mass is 452 g/mol. The van der Waals surface area contributed by atoms with Crippen LogP contribution in [0.5, 0.6) is 0 Å². The minimum Gasteiger partial charge on any atom is -0.449 e. The van der Waals surface area contributed by atoms with Gasteiger partial charge >= 0.3 is 6.09 Å². The van der Waals surface area contributed by atoms with Crippen molar-refractivity contribution < 1.29 is 13.9 Å². The number of ether oxygens (including phenoxy) is 1. The molecule has 0 radical (unpaired) electrons. The normalized spacial score (nSPS) is 10.6. The number of nitrogens with zero attached hydrogens (tertiary/aromatic N) is 6. The Balaban J connectivity index is 0.00000306. The highest BCUT2D eigenvalue weighted by atomic mass is 19.1. The molecule has 0 saturated carbocycles. The molecule has 1 aromatic carbocycles. The van der Waals surface area contributed by atoms with Gasteiger partial charge < -0.3 is 16.2 Å². The number of halogens is 1. The van der Waals surface area contributed by atoms with Crippen LogP contribution >= 0.6 is 0 Å². The number of carbonyl (C=O) groups is 1. The molecule has 3 aromatic heterocycles. The summed E-state index contributed by atoms with van der Waals surface area (Å²) in [6.07, 6.45) is 1.18. The van der Waals surface area contributed by atoms with Crippen molar-refractivity contribution in [3.05, 3.63) is 59.8 Å². The third-order valence-corrected chi connectivity index (χ3v) is 4.81. The van der Waals surface area contributed by atoms with Crippen molar-refractivity contribution in [2.24, 2.45) is 0 Å². The van der Waals surface area contributed by atoms with Gasteiger partial charge in [-0.15, -0.1) is 0 Å². The molecule has 33 heavy (non-hydrogen) atoms. The van der Waals surface area contributed by atoms with Crippen LogP contribution < -0.4 is 16.4 Å². The number of carbonyl (C=O) groups excluding carboxylic acids is 1. The first-order chi connectivity index (χ1) is 15.4. The number of benzene rings is 1. The number of amides is 1. The van der Waals surface area contributed by atoms with E-state index in [1.165, 1.54) is 13.1 Å². The van der Waals surface area contributed by atoms with E-state index < -0.39 is 6.09 Å². The third-order valence-electron chi connectivity index (χ3n) is 4.81. The molecule has 0 saturated heterocycles. The number of rotatable bonds is 5. The maximum atomic E-state index is 14.2. The van der Waals surface area contributed by atoms with Gasteiger partial charge in [-0.05, 0) is 30.7 Å². The van der Waals surface area contributed by atoms with Gasteiger partial charge in [-0.2, -0.15) is 5.10 Å². The van der Waals surface area contributed by atoms with E-state index in [1.807, 2.05) is 0 Å². The van der Waals surface area contributed by atoms with Crippen LogP contribution in [-0.2, 0) is 11.2 Å². The van der Waals surface area contributed by atoms with Crippen LogP contribution in [0.4, 0.5) is 26.5 Å². The zero-order chi connectivity index (χ0) is 22.8. The lowest BCUT2D eigenvalue weighted by Gasteiger charge is -2.19. The molecule has 0 spiro atoms. The molecule has 0 fully saturated rings. The van der Waals surface area contributed by atoms with Gasteiger partial charge in [-0.25, -0.2) is 28.7 Å². The van der Waals surface area contributed by atoms with Gasteiger partial charge in [-0.3, -0.25) is 4.90 Å². The summed E-state index contributed by atoms with van der Waals surface area (Å²) in [5.41, 5.74) is 13.8. The van der Waals surface area contributed by atoms with Crippen molar-refractivity contribution in [1.82, 2.24) is 24.6 Å². The second kappa shape index (κ2) is 9.47. The average molecular weight is 452 g/mol. The van der Waals surface area contributed by atoms with E-state index >= 15 is 0 Å². The fraction of sp³-hybridized carbons (Fsp3) is 0.227. The molecule has 0 aliphatic heterocycles. The zero-order valence-electron chi connectivity index (χ0n) is 17.5. The Morgan fingerprint density at radius 2 is 1.82 bits per heavy atom. The number of imidazole rings is 1. The minimum absolute atomic E-state index is 0. The number of nitrogen functional groups attached to an aromatic ring is 2. The van der Waals surface area contributed by atoms with Crippen molar-refractivity contribution in [1.29, 1.82) is 0 Å². The number of aromatic nitrogens is 5. The van der Waals surface area contributed by atoms with Gasteiger partial charge in [0.1, 0.15) is 23.0 Å². The topological polar surface area (TPSA) is 138 Å². The van der Waals surface area contributed by atoms with Crippen LogP contribution in [0.3, 0.4) is 0 Å². The Kier molecular flexibility index (Phi) is 6.71. The summed E-state index contributed by atoms with van der Waals surface area (Å²) in [5, 5.41) is 4.33. The van der Waals surface area contributed by atoms with Gasteiger partial charge in [0.2, 0.25) is 0 Å². The van der Waals surface area contributed by atoms with Gasteiger partial charge in [0, 0.05) is 19.7 Å². The summed E-state index contributed by atoms with van der Waals surface area (Å²) < 4.78 is 20.8. The number of nitrogens with two attached hydrogens (primary N) is 2. The fourth-order valence-electron chi connectivity index (χ4n) is 3.33. The van der Waals surface area contributed by atoms with E-state index in [-0.39, 0.29) is 49.4 Å². The van der Waals surface area contributed by atoms with Crippen molar-refractivity contribution >= 4 is 28.9 Å². The second-order valence-corrected chi connectivity index (χ2v) is 6.89. The Hall–Kier alpha value is -4.28. The Morgan fingerprint density at radius 1 is 1.12 bits per heavy atom. The van der Waals surface area contributed by atoms with E-state index in [0.29, 0.717) is 22.6 Å². The van der Waals surface area contributed by atoms with Gasteiger partial charge in [0.25, 0.3) is 0 Å². The molecule has 3 heterocycles. The molecule has 10 nitrogen and oxygen atoms in total. The van der Waals surface area contributed by atoms with E-state index in [1.54, 1.807) is 48.0 Å². The molecule has 172 valence electrons. The minimum atomic E-state index is -0.633. The summed E-state index contributed by atoms with van der Waals surface area (Å²) in [5.74, 6) is 0.297. The van der Waals surface area contributed by atoms with Crippen LogP contribution in [0.1, 0.15) is 25.7 Å². The van der Waals surface area contributed by atoms with Crippen LogP contribution in [0.2, 0.25) is 0 Å². The SMILES string of the molecule is C.CCOC(=O)N(C)c1c(N)nc(-c2nc(Cc3ccccc3F)n3ncccc23)nc1N. The lowest BCUT2D eigenvalue weighted by atomic mass is 10.1. The van der Waals surface area contributed by atoms with E-state index in [9.17, 15) is 9.18 Å². The zero-order valence-corrected chi connectivity index (χ0v) is 17.5. The van der Waals surface area contributed by atoms with E-state index in [4.69, 9.17) is 16.2 Å². The first-order valence-electron chi connectivity index (χ1n) is 9.80. The standard InChI is InChI=1S/C21H21FN8O2.CH4/c1-3-32-21(31)29(2)17-18(23)27-20(28-19(17)24)16-14-9-6-10-25-30(14)15(26-16)11-12-7-4-5-8-13(12)22;/h4-10H,3,11H2,1-2H3,(H4,23,24,27,28);1H4. The number of fused-ring (bicyclic) bond motifs is 1. The summed E-state index contributed by atoms with van der Waals surface area (Å²) in [6.45, 7) is 1.88. The highest BCUT2D eigenvalue weighted by Gasteiger charge is 2.23. The third kappa shape index (κ3) is 4.38.